The van der Waals surface area contributed by atoms with E-state index in [1.54, 1.807) is 0 Å². The molecule has 0 spiro atoms. The van der Waals surface area contributed by atoms with E-state index in [4.69, 9.17) is 5.73 Å². The summed E-state index contributed by atoms with van der Waals surface area (Å²) in [5.41, 5.74) is 4.35. The molecule has 2 N–H and O–H groups in total. The number of carbonyl (C=O) groups is 1. The lowest BCUT2D eigenvalue weighted by Crippen LogP contribution is -2.19. The van der Waals surface area contributed by atoms with E-state index in [2.05, 4.69) is 19.7 Å². The summed E-state index contributed by atoms with van der Waals surface area (Å²) in [5, 5.41) is 0. The molecule has 20 heavy (non-hydrogen) atoms. The van der Waals surface area contributed by atoms with Crippen LogP contribution in [-0.2, 0) is 0 Å². The third-order valence-corrected chi connectivity index (χ3v) is 2.15. The molecule has 6 nitrogen and oxygen atoms in total. The summed E-state index contributed by atoms with van der Waals surface area (Å²) in [6.07, 6.45) is -1.27. The Morgan fingerprint density at radius 3 is 2.40 bits per heavy atom. The molecule has 0 aromatic carbocycles. The third-order valence-electron chi connectivity index (χ3n) is 2.15. The van der Waals surface area contributed by atoms with Gasteiger partial charge in [0.2, 0.25) is 0 Å². The van der Waals surface area contributed by atoms with Crippen molar-refractivity contribution in [3.05, 3.63) is 36.4 Å². The van der Waals surface area contributed by atoms with Crippen LogP contribution in [0.3, 0.4) is 0 Å². The van der Waals surface area contributed by atoms with Gasteiger partial charge < -0.3 is 10.5 Å². The minimum absolute atomic E-state index is 0.181. The number of nitrogens with two attached hydrogens (primary N) is 1. The van der Waals surface area contributed by atoms with Crippen LogP contribution in [0, 0.1) is 0 Å². The van der Waals surface area contributed by atoms with Gasteiger partial charge in [0, 0.05) is 18.6 Å². The average molecular weight is 284 g/mol. The van der Waals surface area contributed by atoms with Crippen LogP contribution in [-0.4, -0.2) is 27.2 Å². The Balaban J connectivity index is 2.56. The number of alkyl halides is 3. The Kier molecular flexibility index (Phi) is 3.51. The van der Waals surface area contributed by atoms with Crippen LogP contribution >= 0.6 is 0 Å². The average Bonchev–Trinajstić information content (AvgIpc) is 2.37. The lowest BCUT2D eigenvalue weighted by molar-refractivity contribution is -0.274. The van der Waals surface area contributed by atoms with Gasteiger partial charge in [-0.25, -0.2) is 4.98 Å². The number of nitrogens with zero attached hydrogens (tertiary/aromatic N) is 3. The van der Waals surface area contributed by atoms with Gasteiger partial charge in [0.15, 0.2) is 11.4 Å². The topological polar surface area (TPSA) is 91.0 Å². The minimum Gasteiger partial charge on any atom is -0.403 e. The number of rotatable bonds is 3. The Morgan fingerprint density at radius 2 is 1.75 bits per heavy atom. The molecular formula is C11H7F3N4O2. The fraction of sp³-hybridized carbons (Fsp3) is 0.0909. The molecule has 0 bridgehead atoms. The maximum absolute atomic E-state index is 12.3. The van der Waals surface area contributed by atoms with Crippen LogP contribution in [0.5, 0.6) is 5.75 Å². The number of carbonyl (C=O) groups excluding carboxylic acids is 1. The zero-order valence-corrected chi connectivity index (χ0v) is 9.76. The van der Waals surface area contributed by atoms with Crippen molar-refractivity contribution in [2.75, 3.05) is 0 Å². The maximum Gasteiger partial charge on any atom is 0.573 e. The lowest BCUT2D eigenvalue weighted by atomic mass is 10.2. The molecule has 2 aromatic heterocycles. The standard InChI is InChI=1S/C11H7F3N4O2/c12-11(13,14)20-6-2-1-3-16-7(6)8-9(10(15)19)18-5-4-17-8/h1-5H,(H2,15,19). The van der Waals surface area contributed by atoms with Gasteiger partial charge in [-0.1, -0.05) is 0 Å². The highest BCUT2D eigenvalue weighted by molar-refractivity contribution is 5.96. The molecule has 0 aliphatic rings. The molecule has 0 saturated carbocycles. The molecule has 0 aliphatic carbocycles. The van der Waals surface area contributed by atoms with Gasteiger partial charge in [0.25, 0.3) is 5.91 Å². The van der Waals surface area contributed by atoms with Crippen molar-refractivity contribution in [3.63, 3.8) is 0 Å². The van der Waals surface area contributed by atoms with Gasteiger partial charge in [0.1, 0.15) is 11.4 Å². The van der Waals surface area contributed by atoms with Crippen LogP contribution in [0.2, 0.25) is 0 Å². The monoisotopic (exact) mass is 284 g/mol. The van der Waals surface area contributed by atoms with Crippen LogP contribution in [0.25, 0.3) is 11.4 Å². The molecule has 2 heterocycles. The highest BCUT2D eigenvalue weighted by atomic mass is 19.4. The molecule has 1 amide bonds. The van der Waals surface area contributed by atoms with Gasteiger partial charge in [-0.05, 0) is 12.1 Å². The predicted molar refractivity (Wildman–Crippen MR) is 60.5 cm³/mol. The number of hydrogen-bond acceptors (Lipinski definition) is 5. The molecular weight excluding hydrogens is 277 g/mol. The minimum atomic E-state index is -4.90. The third kappa shape index (κ3) is 2.99. The van der Waals surface area contributed by atoms with E-state index in [1.165, 1.54) is 24.7 Å². The first kappa shape index (κ1) is 13.7. The van der Waals surface area contributed by atoms with Gasteiger partial charge >= 0.3 is 6.36 Å². The molecule has 2 aromatic rings. The highest BCUT2D eigenvalue weighted by Crippen LogP contribution is 2.31. The van der Waals surface area contributed by atoms with Crippen molar-refractivity contribution < 1.29 is 22.7 Å². The number of ether oxygens (including phenoxy) is 1. The van der Waals surface area contributed by atoms with Crippen molar-refractivity contribution in [1.29, 1.82) is 0 Å². The van der Waals surface area contributed by atoms with Crippen LogP contribution in [0.15, 0.2) is 30.7 Å². The normalized spacial score (nSPS) is 11.2. The van der Waals surface area contributed by atoms with Crippen molar-refractivity contribution in [1.82, 2.24) is 15.0 Å². The summed E-state index contributed by atoms with van der Waals surface area (Å²) < 4.78 is 40.8. The Hall–Kier alpha value is -2.71. The molecule has 0 saturated heterocycles. The highest BCUT2D eigenvalue weighted by Gasteiger charge is 2.33. The second kappa shape index (κ2) is 5.11. The second-order valence-electron chi connectivity index (χ2n) is 3.52. The first-order chi connectivity index (χ1) is 9.38. The predicted octanol–water partition coefficient (Wildman–Crippen LogP) is 1.54. The molecule has 0 radical (unpaired) electrons. The number of halogens is 3. The van der Waals surface area contributed by atoms with E-state index in [0.717, 1.165) is 6.07 Å². The first-order valence-electron chi connectivity index (χ1n) is 5.20. The summed E-state index contributed by atoms with van der Waals surface area (Å²) in [7, 11) is 0. The molecule has 0 fully saturated rings. The lowest BCUT2D eigenvalue weighted by Gasteiger charge is -2.12. The number of primary amides is 1. The molecule has 2 rings (SSSR count). The summed E-state index contributed by atoms with van der Waals surface area (Å²) >= 11 is 0. The zero-order chi connectivity index (χ0) is 14.8. The van der Waals surface area contributed by atoms with E-state index < -0.39 is 18.0 Å². The van der Waals surface area contributed by atoms with E-state index >= 15 is 0 Å². The fourth-order valence-electron chi connectivity index (χ4n) is 1.47. The van der Waals surface area contributed by atoms with Crippen LogP contribution in [0.4, 0.5) is 13.2 Å². The summed E-state index contributed by atoms with van der Waals surface area (Å²) in [6, 6.07) is 2.31. The number of pyridine rings is 1. The Morgan fingerprint density at radius 1 is 1.10 bits per heavy atom. The molecule has 0 unspecified atom stereocenters. The van der Waals surface area contributed by atoms with E-state index in [0.29, 0.717) is 0 Å². The number of hydrogen-bond donors (Lipinski definition) is 1. The van der Waals surface area contributed by atoms with Gasteiger partial charge in [-0.3, -0.25) is 14.8 Å². The molecule has 9 heteroatoms. The van der Waals surface area contributed by atoms with E-state index in [-0.39, 0.29) is 17.1 Å². The zero-order valence-electron chi connectivity index (χ0n) is 9.76. The van der Waals surface area contributed by atoms with Gasteiger partial charge in [0.05, 0.1) is 0 Å². The van der Waals surface area contributed by atoms with E-state index in [1.807, 2.05) is 0 Å². The number of amides is 1. The van der Waals surface area contributed by atoms with Crippen molar-refractivity contribution >= 4 is 5.91 Å². The van der Waals surface area contributed by atoms with Crippen LogP contribution < -0.4 is 10.5 Å². The van der Waals surface area contributed by atoms with Crippen LogP contribution in [0.1, 0.15) is 10.5 Å². The quantitative estimate of drug-likeness (QED) is 0.923. The summed E-state index contributed by atoms with van der Waals surface area (Å²) in [4.78, 5) is 22.4. The largest absolute Gasteiger partial charge is 0.573 e. The number of aromatic nitrogens is 3. The van der Waals surface area contributed by atoms with Crippen molar-refractivity contribution in [2.24, 2.45) is 5.73 Å². The first-order valence-corrected chi connectivity index (χ1v) is 5.20. The SMILES string of the molecule is NC(=O)c1nccnc1-c1ncccc1OC(F)(F)F. The Bertz CT molecular complexity index is 646. The maximum atomic E-state index is 12.3. The van der Waals surface area contributed by atoms with E-state index in [9.17, 15) is 18.0 Å². The molecule has 104 valence electrons. The second-order valence-corrected chi connectivity index (χ2v) is 3.52. The van der Waals surface area contributed by atoms with Crippen molar-refractivity contribution in [2.45, 2.75) is 6.36 Å². The fourth-order valence-corrected chi connectivity index (χ4v) is 1.47. The van der Waals surface area contributed by atoms with Gasteiger partial charge in [-0.2, -0.15) is 0 Å². The van der Waals surface area contributed by atoms with Gasteiger partial charge in [-0.15, -0.1) is 13.2 Å². The summed E-state index contributed by atoms with van der Waals surface area (Å²) in [6.45, 7) is 0. The smallest absolute Gasteiger partial charge is 0.403 e. The molecule has 0 aliphatic heterocycles. The summed E-state index contributed by atoms with van der Waals surface area (Å²) in [5.74, 6) is -1.53. The molecule has 0 atom stereocenters. The Labute approximate surface area is 110 Å². The van der Waals surface area contributed by atoms with Crippen molar-refractivity contribution in [3.8, 4) is 17.1 Å².